The van der Waals surface area contributed by atoms with Crippen molar-refractivity contribution >= 4 is 17.8 Å². The number of ether oxygens (including phenoxy) is 1. The van der Waals surface area contributed by atoms with Gasteiger partial charge < -0.3 is 15.2 Å². The average Bonchev–Trinajstić information content (AvgIpc) is 2.44. The van der Waals surface area contributed by atoms with Gasteiger partial charge >= 0.3 is 11.9 Å². The number of halogens is 1. The number of hydrogen-bond donors (Lipinski definition) is 2. The van der Waals surface area contributed by atoms with E-state index in [9.17, 15) is 23.9 Å². The second-order valence-corrected chi connectivity index (χ2v) is 4.78. The Morgan fingerprint density at radius 3 is 2.36 bits per heavy atom. The van der Waals surface area contributed by atoms with Crippen molar-refractivity contribution in [3.8, 4) is 0 Å². The second kappa shape index (κ2) is 8.11. The first kappa shape index (κ1) is 17.6. The van der Waals surface area contributed by atoms with Gasteiger partial charge in [-0.1, -0.05) is 6.92 Å². The number of hydrogen-bond acceptors (Lipinski definition) is 4. The summed E-state index contributed by atoms with van der Waals surface area (Å²) in [6.45, 7) is 3.37. The minimum Gasteiger partial charge on any atom is -0.480 e. The van der Waals surface area contributed by atoms with Crippen LogP contribution < -0.4 is 5.32 Å². The number of benzene rings is 1. The quantitative estimate of drug-likeness (QED) is 0.746. The van der Waals surface area contributed by atoms with Crippen LogP contribution in [-0.2, 0) is 14.3 Å². The van der Waals surface area contributed by atoms with Gasteiger partial charge in [-0.2, -0.15) is 0 Å². The molecule has 0 spiro atoms. The molecule has 1 aromatic carbocycles. The Morgan fingerprint density at radius 2 is 1.86 bits per heavy atom. The third kappa shape index (κ3) is 5.16. The predicted octanol–water partition coefficient (Wildman–Crippen LogP) is 1.60. The van der Waals surface area contributed by atoms with Gasteiger partial charge in [0.05, 0.1) is 13.0 Å². The van der Waals surface area contributed by atoms with Gasteiger partial charge in [0.1, 0.15) is 11.9 Å². The maximum atomic E-state index is 12.8. The summed E-state index contributed by atoms with van der Waals surface area (Å²) in [4.78, 5) is 34.7. The minimum atomic E-state index is -1.26. The van der Waals surface area contributed by atoms with Crippen molar-refractivity contribution in [3.05, 3.63) is 35.6 Å². The first-order valence-corrected chi connectivity index (χ1v) is 6.80. The lowest BCUT2D eigenvalue weighted by atomic mass is 9.98. The Hall–Kier alpha value is -2.44. The second-order valence-electron chi connectivity index (χ2n) is 4.78. The van der Waals surface area contributed by atoms with Gasteiger partial charge in [0, 0.05) is 5.56 Å². The van der Waals surface area contributed by atoms with Crippen LogP contribution in [0.5, 0.6) is 0 Å². The van der Waals surface area contributed by atoms with E-state index in [1.165, 1.54) is 19.1 Å². The molecule has 1 amide bonds. The molecule has 1 rings (SSSR count). The fourth-order valence-electron chi connectivity index (χ4n) is 1.87. The number of carboxylic acid groups (broad SMARTS) is 1. The van der Waals surface area contributed by atoms with E-state index >= 15 is 0 Å². The lowest BCUT2D eigenvalue weighted by Gasteiger charge is -2.20. The van der Waals surface area contributed by atoms with Gasteiger partial charge in [0.2, 0.25) is 0 Å². The molecule has 0 aromatic heterocycles. The van der Waals surface area contributed by atoms with Gasteiger partial charge in [0.15, 0.2) is 0 Å². The molecule has 0 aliphatic carbocycles. The van der Waals surface area contributed by atoms with E-state index in [2.05, 4.69) is 5.32 Å². The summed E-state index contributed by atoms with van der Waals surface area (Å²) in [7, 11) is 0. The molecule has 1 aromatic rings. The largest absolute Gasteiger partial charge is 0.480 e. The van der Waals surface area contributed by atoms with E-state index in [1.807, 2.05) is 0 Å². The first-order valence-electron chi connectivity index (χ1n) is 6.80. The monoisotopic (exact) mass is 311 g/mol. The maximum absolute atomic E-state index is 12.8. The average molecular weight is 311 g/mol. The number of amides is 1. The van der Waals surface area contributed by atoms with Crippen LogP contribution in [0.1, 0.15) is 30.6 Å². The van der Waals surface area contributed by atoms with E-state index in [0.717, 1.165) is 12.1 Å². The van der Waals surface area contributed by atoms with Crippen LogP contribution in [0.15, 0.2) is 24.3 Å². The molecule has 0 saturated carbocycles. The third-order valence-corrected chi connectivity index (χ3v) is 3.02. The van der Waals surface area contributed by atoms with Gasteiger partial charge in [-0.3, -0.25) is 9.59 Å². The summed E-state index contributed by atoms with van der Waals surface area (Å²) in [5.41, 5.74) is 0.135. The van der Waals surface area contributed by atoms with Crippen LogP contribution in [0, 0.1) is 11.7 Å². The summed E-state index contributed by atoms with van der Waals surface area (Å²) in [5, 5.41) is 11.5. The third-order valence-electron chi connectivity index (χ3n) is 3.02. The molecule has 6 nitrogen and oxygen atoms in total. The van der Waals surface area contributed by atoms with Crippen molar-refractivity contribution < 1.29 is 28.6 Å². The topological polar surface area (TPSA) is 92.7 Å². The first-order chi connectivity index (χ1) is 10.3. The summed E-state index contributed by atoms with van der Waals surface area (Å²) in [6, 6.07) is 3.46. The molecule has 22 heavy (non-hydrogen) atoms. The van der Waals surface area contributed by atoms with Crippen molar-refractivity contribution in [1.82, 2.24) is 5.32 Å². The molecule has 0 heterocycles. The molecule has 2 N–H and O–H groups in total. The SMILES string of the molecule is CCOC(=O)C[C@@H](C)[C@H](NC(=O)c1ccc(F)cc1)C(=O)O. The summed E-state index contributed by atoms with van der Waals surface area (Å²) in [6.07, 6.45) is -0.130. The molecule has 0 aliphatic rings. The highest BCUT2D eigenvalue weighted by atomic mass is 19.1. The number of esters is 1. The smallest absolute Gasteiger partial charge is 0.326 e. The van der Waals surface area contributed by atoms with E-state index < -0.39 is 35.6 Å². The summed E-state index contributed by atoms with van der Waals surface area (Å²) < 4.78 is 17.6. The van der Waals surface area contributed by atoms with E-state index in [1.54, 1.807) is 6.92 Å². The predicted molar refractivity (Wildman–Crippen MR) is 75.7 cm³/mol. The Bertz CT molecular complexity index is 543. The minimum absolute atomic E-state index is 0.130. The molecule has 7 heteroatoms. The molecular weight excluding hydrogens is 293 g/mol. The highest BCUT2D eigenvalue weighted by Crippen LogP contribution is 2.12. The van der Waals surface area contributed by atoms with Crippen LogP contribution in [0.3, 0.4) is 0 Å². The van der Waals surface area contributed by atoms with Gasteiger partial charge in [-0.25, -0.2) is 9.18 Å². The Kier molecular flexibility index (Phi) is 6.49. The van der Waals surface area contributed by atoms with Crippen molar-refractivity contribution in [2.45, 2.75) is 26.3 Å². The lowest BCUT2D eigenvalue weighted by Crippen LogP contribution is -2.45. The molecular formula is C15H18FNO5. The molecule has 0 bridgehead atoms. The summed E-state index contributed by atoms with van der Waals surface area (Å²) in [5.74, 6) is -3.59. The Balaban J connectivity index is 2.75. The highest BCUT2D eigenvalue weighted by Gasteiger charge is 2.28. The fourth-order valence-corrected chi connectivity index (χ4v) is 1.87. The standard InChI is InChI=1S/C15H18FNO5/c1-3-22-12(18)8-9(2)13(15(20)21)17-14(19)10-4-6-11(16)7-5-10/h4-7,9,13H,3,8H2,1-2H3,(H,17,19)(H,20,21)/t9-,13+/m1/s1. The molecule has 0 radical (unpaired) electrons. The van der Waals surface area contributed by atoms with Crippen LogP contribution in [0.4, 0.5) is 4.39 Å². The van der Waals surface area contributed by atoms with Crippen molar-refractivity contribution in [3.63, 3.8) is 0 Å². The zero-order valence-electron chi connectivity index (χ0n) is 12.3. The Morgan fingerprint density at radius 1 is 1.27 bits per heavy atom. The molecule has 120 valence electrons. The summed E-state index contributed by atoms with van der Waals surface area (Å²) >= 11 is 0. The van der Waals surface area contributed by atoms with Crippen LogP contribution >= 0.6 is 0 Å². The van der Waals surface area contributed by atoms with Crippen molar-refractivity contribution in [2.24, 2.45) is 5.92 Å². The number of aliphatic carboxylic acids is 1. The maximum Gasteiger partial charge on any atom is 0.326 e. The molecule has 0 aliphatic heterocycles. The fraction of sp³-hybridized carbons (Fsp3) is 0.400. The van der Waals surface area contributed by atoms with E-state index in [4.69, 9.17) is 4.74 Å². The highest BCUT2D eigenvalue weighted by molar-refractivity contribution is 5.96. The van der Waals surface area contributed by atoms with Gasteiger partial charge in [-0.15, -0.1) is 0 Å². The number of carbonyl (C=O) groups excluding carboxylic acids is 2. The van der Waals surface area contributed by atoms with Crippen LogP contribution in [0.2, 0.25) is 0 Å². The Labute approximate surface area is 127 Å². The molecule has 0 saturated heterocycles. The molecule has 2 atom stereocenters. The van der Waals surface area contributed by atoms with Crippen LogP contribution in [0.25, 0.3) is 0 Å². The van der Waals surface area contributed by atoms with E-state index in [0.29, 0.717) is 0 Å². The number of nitrogens with one attached hydrogen (secondary N) is 1. The van der Waals surface area contributed by atoms with E-state index in [-0.39, 0.29) is 18.6 Å². The van der Waals surface area contributed by atoms with Crippen molar-refractivity contribution in [2.75, 3.05) is 6.61 Å². The lowest BCUT2D eigenvalue weighted by molar-refractivity contribution is -0.145. The number of carboxylic acids is 1. The number of carbonyl (C=O) groups is 3. The molecule has 0 unspecified atom stereocenters. The normalized spacial score (nSPS) is 13.0. The number of rotatable bonds is 7. The van der Waals surface area contributed by atoms with Crippen LogP contribution in [-0.4, -0.2) is 35.6 Å². The van der Waals surface area contributed by atoms with Gasteiger partial charge in [0.25, 0.3) is 5.91 Å². The van der Waals surface area contributed by atoms with Gasteiger partial charge in [-0.05, 0) is 37.1 Å². The molecule has 0 fully saturated rings. The zero-order valence-corrected chi connectivity index (χ0v) is 12.3. The zero-order chi connectivity index (χ0) is 16.7. The van der Waals surface area contributed by atoms with Crippen molar-refractivity contribution in [1.29, 1.82) is 0 Å².